The highest BCUT2D eigenvalue weighted by molar-refractivity contribution is 5.92. The van der Waals surface area contributed by atoms with Crippen molar-refractivity contribution in [2.45, 2.75) is 27.4 Å². The fraction of sp³-hybridized carbons (Fsp3) is 0.300. The minimum Gasteiger partial charge on any atom is -0.457 e. The predicted molar refractivity (Wildman–Crippen MR) is 97.8 cm³/mol. The molecule has 0 unspecified atom stereocenters. The van der Waals surface area contributed by atoms with Gasteiger partial charge in [-0.3, -0.25) is 0 Å². The number of esters is 1. The molecule has 0 bridgehead atoms. The van der Waals surface area contributed by atoms with Crippen LogP contribution < -0.4 is 0 Å². The number of carbonyl (C=O) groups is 1. The van der Waals surface area contributed by atoms with Gasteiger partial charge in [0.25, 0.3) is 0 Å². The third kappa shape index (κ3) is 4.87. The molecule has 0 heterocycles. The Balaban J connectivity index is 2.18. The van der Waals surface area contributed by atoms with Crippen LogP contribution in [0.1, 0.15) is 34.0 Å². The Morgan fingerprint density at radius 3 is 2.37 bits per heavy atom. The highest BCUT2D eigenvalue weighted by atomic mass is 19.1. The van der Waals surface area contributed by atoms with E-state index in [0.29, 0.717) is 23.4 Å². The van der Waals surface area contributed by atoms with Crippen molar-refractivity contribution in [3.63, 3.8) is 0 Å². The molecule has 0 aliphatic heterocycles. The van der Waals surface area contributed by atoms with E-state index in [9.17, 15) is 18.0 Å². The van der Waals surface area contributed by atoms with Crippen LogP contribution in [0.25, 0.3) is 0 Å². The Hall–Kier alpha value is -2.83. The van der Waals surface area contributed by atoms with Gasteiger partial charge < -0.3 is 9.64 Å². The molecule has 4 nitrogen and oxygen atoms in total. The number of halogens is 3. The van der Waals surface area contributed by atoms with Crippen molar-refractivity contribution in [3.8, 4) is 0 Å². The van der Waals surface area contributed by atoms with E-state index in [1.807, 2.05) is 25.8 Å². The van der Waals surface area contributed by atoms with Crippen LogP contribution in [0.2, 0.25) is 0 Å². The molecular weight excluding hydrogens is 357 g/mol. The van der Waals surface area contributed by atoms with Crippen LogP contribution in [0.4, 0.5) is 18.9 Å². The summed E-state index contributed by atoms with van der Waals surface area (Å²) in [5.41, 5.74) is 1.94. The lowest BCUT2D eigenvalue weighted by Crippen LogP contribution is -2.14. The fourth-order valence-electron chi connectivity index (χ4n) is 2.34. The van der Waals surface area contributed by atoms with Gasteiger partial charge in [0.1, 0.15) is 24.1 Å². The summed E-state index contributed by atoms with van der Waals surface area (Å²) in [6.07, 6.45) is 1.69. The van der Waals surface area contributed by atoms with Crippen LogP contribution in [-0.2, 0) is 11.3 Å². The Morgan fingerprint density at radius 2 is 1.78 bits per heavy atom. The van der Waals surface area contributed by atoms with Gasteiger partial charge in [-0.05, 0) is 44.0 Å². The minimum atomic E-state index is -1.10. The molecule has 144 valence electrons. The SMILES string of the molecule is CCN(C)/C=N/c1ccc(C(=O)OCc2c(F)cc(F)cc2F)c(C)c1C. The average Bonchev–Trinajstić information content (AvgIpc) is 2.61. The van der Waals surface area contributed by atoms with E-state index in [0.717, 1.165) is 12.1 Å². The molecular formula is C20H21F3N2O2. The van der Waals surface area contributed by atoms with Crippen LogP contribution in [0.5, 0.6) is 0 Å². The Kier molecular flexibility index (Phi) is 6.60. The van der Waals surface area contributed by atoms with E-state index in [-0.39, 0.29) is 5.56 Å². The lowest BCUT2D eigenvalue weighted by Gasteiger charge is -2.13. The number of ether oxygens (including phenoxy) is 1. The zero-order valence-corrected chi connectivity index (χ0v) is 15.6. The second kappa shape index (κ2) is 8.70. The van der Waals surface area contributed by atoms with E-state index in [4.69, 9.17) is 4.74 Å². The molecule has 0 fully saturated rings. The summed E-state index contributed by atoms with van der Waals surface area (Å²) in [4.78, 5) is 18.6. The first kappa shape index (κ1) is 20.5. The standard InChI is InChI=1S/C20H21F3N2O2/c1-5-25(4)11-24-19-7-6-15(12(2)13(19)3)20(26)27-10-16-17(22)8-14(21)9-18(16)23/h6-9,11H,5,10H2,1-4H3/b24-11+. The van der Waals surface area contributed by atoms with Crippen LogP contribution in [-0.4, -0.2) is 30.8 Å². The number of nitrogens with zero attached hydrogens (tertiary/aromatic N) is 2. The van der Waals surface area contributed by atoms with E-state index in [1.54, 1.807) is 25.4 Å². The predicted octanol–water partition coefficient (Wildman–Crippen LogP) is 4.69. The molecule has 0 saturated heterocycles. The molecule has 2 aromatic rings. The summed E-state index contributed by atoms with van der Waals surface area (Å²) in [7, 11) is 1.89. The first-order valence-electron chi connectivity index (χ1n) is 8.39. The number of carbonyl (C=O) groups excluding carboxylic acids is 1. The molecule has 0 aliphatic carbocycles. The molecule has 0 aromatic heterocycles. The lowest BCUT2D eigenvalue weighted by molar-refractivity contribution is 0.0463. The quantitative estimate of drug-likeness (QED) is 0.416. The van der Waals surface area contributed by atoms with Crippen molar-refractivity contribution in [1.29, 1.82) is 0 Å². The van der Waals surface area contributed by atoms with E-state index in [1.165, 1.54) is 0 Å². The summed E-state index contributed by atoms with van der Waals surface area (Å²) in [6.45, 7) is 5.74. The maximum absolute atomic E-state index is 13.6. The minimum absolute atomic E-state index is 0.276. The molecule has 2 aromatic carbocycles. The van der Waals surface area contributed by atoms with Gasteiger partial charge in [0.2, 0.25) is 0 Å². The Morgan fingerprint density at radius 1 is 1.15 bits per heavy atom. The molecule has 0 atom stereocenters. The number of hydrogen-bond acceptors (Lipinski definition) is 3. The molecule has 27 heavy (non-hydrogen) atoms. The molecule has 2 rings (SSSR count). The first-order chi connectivity index (χ1) is 12.7. The highest BCUT2D eigenvalue weighted by Gasteiger charge is 2.17. The molecule has 0 spiro atoms. The van der Waals surface area contributed by atoms with Gasteiger partial charge in [0.15, 0.2) is 0 Å². The summed E-state index contributed by atoms with van der Waals surface area (Å²) >= 11 is 0. The van der Waals surface area contributed by atoms with Crippen LogP contribution in [0, 0.1) is 31.3 Å². The van der Waals surface area contributed by atoms with Crippen molar-refractivity contribution >= 4 is 18.0 Å². The summed E-state index contributed by atoms with van der Waals surface area (Å²) in [6, 6.07) is 4.32. The monoisotopic (exact) mass is 378 g/mol. The number of rotatable bonds is 6. The third-order valence-corrected chi connectivity index (χ3v) is 4.32. The van der Waals surface area contributed by atoms with Gasteiger partial charge in [-0.2, -0.15) is 0 Å². The second-order valence-corrected chi connectivity index (χ2v) is 6.12. The van der Waals surface area contributed by atoms with Gasteiger partial charge in [0, 0.05) is 25.7 Å². The van der Waals surface area contributed by atoms with Crippen molar-refractivity contribution in [1.82, 2.24) is 4.90 Å². The normalized spacial score (nSPS) is 11.1. The molecule has 7 heteroatoms. The molecule has 0 saturated carbocycles. The smallest absolute Gasteiger partial charge is 0.338 e. The molecule has 0 N–H and O–H groups in total. The lowest BCUT2D eigenvalue weighted by atomic mass is 10.0. The van der Waals surface area contributed by atoms with Crippen LogP contribution in [0.3, 0.4) is 0 Å². The topological polar surface area (TPSA) is 41.9 Å². The van der Waals surface area contributed by atoms with Crippen LogP contribution in [0.15, 0.2) is 29.3 Å². The molecule has 0 radical (unpaired) electrons. The van der Waals surface area contributed by atoms with E-state index < -0.39 is 35.6 Å². The van der Waals surface area contributed by atoms with Crippen molar-refractivity contribution in [3.05, 3.63) is 64.0 Å². The van der Waals surface area contributed by atoms with Gasteiger partial charge in [-0.25, -0.2) is 23.0 Å². The molecule has 0 aliphatic rings. The van der Waals surface area contributed by atoms with E-state index >= 15 is 0 Å². The van der Waals surface area contributed by atoms with Crippen molar-refractivity contribution in [2.75, 3.05) is 13.6 Å². The highest BCUT2D eigenvalue weighted by Crippen LogP contribution is 2.25. The fourth-order valence-corrected chi connectivity index (χ4v) is 2.34. The van der Waals surface area contributed by atoms with Crippen LogP contribution >= 0.6 is 0 Å². The van der Waals surface area contributed by atoms with Gasteiger partial charge in [-0.1, -0.05) is 0 Å². The largest absolute Gasteiger partial charge is 0.457 e. The third-order valence-electron chi connectivity index (χ3n) is 4.32. The summed E-state index contributed by atoms with van der Waals surface area (Å²) < 4.78 is 45.3. The number of aliphatic imine (C=N–C) groups is 1. The van der Waals surface area contributed by atoms with Crippen molar-refractivity contribution < 1.29 is 22.7 Å². The first-order valence-corrected chi connectivity index (χ1v) is 8.39. The number of hydrogen-bond donors (Lipinski definition) is 0. The average molecular weight is 378 g/mol. The Bertz CT molecular complexity index is 859. The zero-order chi connectivity index (χ0) is 20.1. The summed E-state index contributed by atoms with van der Waals surface area (Å²) in [5.74, 6) is -3.95. The molecule has 0 amide bonds. The van der Waals surface area contributed by atoms with Gasteiger partial charge in [-0.15, -0.1) is 0 Å². The van der Waals surface area contributed by atoms with E-state index in [2.05, 4.69) is 4.99 Å². The van der Waals surface area contributed by atoms with Crippen molar-refractivity contribution in [2.24, 2.45) is 4.99 Å². The number of benzene rings is 2. The maximum atomic E-state index is 13.6. The Labute approximate surface area is 156 Å². The van der Waals surface area contributed by atoms with Gasteiger partial charge >= 0.3 is 5.97 Å². The van der Waals surface area contributed by atoms with Gasteiger partial charge in [0.05, 0.1) is 23.2 Å². The second-order valence-electron chi connectivity index (χ2n) is 6.12. The summed E-state index contributed by atoms with van der Waals surface area (Å²) in [5, 5.41) is 0. The zero-order valence-electron chi connectivity index (χ0n) is 15.6. The maximum Gasteiger partial charge on any atom is 0.338 e.